The minimum atomic E-state index is -0.572. The minimum Gasteiger partial charge on any atom is -0.371 e. The summed E-state index contributed by atoms with van der Waals surface area (Å²) in [5.41, 5.74) is 6.32. The average Bonchev–Trinajstić information content (AvgIpc) is 2.72. The van der Waals surface area contributed by atoms with Crippen molar-refractivity contribution in [3.63, 3.8) is 0 Å². The van der Waals surface area contributed by atoms with Gasteiger partial charge in [0.25, 0.3) is 5.91 Å². The second-order valence-electron chi connectivity index (χ2n) is 3.57. The first-order valence-corrected chi connectivity index (χ1v) is 5.58. The number of rotatable bonds is 4. The molecule has 0 unspecified atom stereocenters. The van der Waals surface area contributed by atoms with Gasteiger partial charge in [-0.15, -0.1) is 0 Å². The van der Waals surface area contributed by atoms with Gasteiger partial charge in [0.15, 0.2) is 5.82 Å². The van der Waals surface area contributed by atoms with Crippen LogP contribution in [0.2, 0.25) is 5.02 Å². The summed E-state index contributed by atoms with van der Waals surface area (Å²) in [7, 11) is 1.66. The lowest BCUT2D eigenvalue weighted by Gasteiger charge is -2.06. The molecule has 0 radical (unpaired) electrons. The molecule has 5 N–H and O–H groups in total. The van der Waals surface area contributed by atoms with E-state index in [2.05, 4.69) is 20.8 Å². The zero-order valence-corrected chi connectivity index (χ0v) is 10.4. The van der Waals surface area contributed by atoms with Gasteiger partial charge in [-0.1, -0.05) is 17.7 Å². The third-order valence-electron chi connectivity index (χ3n) is 2.34. The highest BCUT2D eigenvalue weighted by molar-refractivity contribution is 6.30. The number of aromatic amines is 1. The Morgan fingerprint density at radius 1 is 1.50 bits per heavy atom. The first-order chi connectivity index (χ1) is 8.61. The van der Waals surface area contributed by atoms with Crippen molar-refractivity contribution in [1.29, 1.82) is 0 Å². The maximum absolute atomic E-state index is 11.4. The number of benzene rings is 1. The van der Waals surface area contributed by atoms with Crippen LogP contribution in [0.5, 0.6) is 0 Å². The summed E-state index contributed by atoms with van der Waals surface area (Å²) >= 11 is 5.88. The Hall–Kier alpha value is -2.21. The fraction of sp³-hybridized carbons (Fsp3) is 0.0909. The molecule has 1 aromatic carbocycles. The monoisotopic (exact) mass is 265 g/mol. The van der Waals surface area contributed by atoms with Crippen LogP contribution in [0.1, 0.15) is 10.4 Å². The number of hydrogen-bond acceptors (Lipinski definition) is 4. The minimum absolute atomic E-state index is 0.275. The summed E-state index contributed by atoms with van der Waals surface area (Å²) in [5.74, 6) is 0.249. The van der Waals surface area contributed by atoms with Crippen LogP contribution in [0.15, 0.2) is 24.3 Å². The normalized spacial score (nSPS) is 10.1. The van der Waals surface area contributed by atoms with E-state index in [1.165, 1.54) is 0 Å². The number of nitrogens with two attached hydrogens (primary N) is 1. The van der Waals surface area contributed by atoms with E-state index in [0.717, 1.165) is 5.69 Å². The van der Waals surface area contributed by atoms with Crippen molar-refractivity contribution >= 4 is 34.8 Å². The van der Waals surface area contributed by atoms with E-state index >= 15 is 0 Å². The lowest BCUT2D eigenvalue weighted by atomic mass is 10.2. The highest BCUT2D eigenvalue weighted by Gasteiger charge is 2.17. The summed E-state index contributed by atoms with van der Waals surface area (Å²) in [6.07, 6.45) is 0. The number of nitrogens with zero attached hydrogens (tertiary/aromatic N) is 1. The first-order valence-electron chi connectivity index (χ1n) is 5.20. The molecule has 6 nitrogen and oxygen atoms in total. The number of carbonyl (C=O) groups excluding carboxylic acids is 1. The molecule has 2 rings (SSSR count). The van der Waals surface area contributed by atoms with Crippen LogP contribution in [-0.2, 0) is 0 Å². The van der Waals surface area contributed by atoms with Crippen LogP contribution >= 0.6 is 11.6 Å². The van der Waals surface area contributed by atoms with E-state index in [4.69, 9.17) is 17.3 Å². The van der Waals surface area contributed by atoms with E-state index in [0.29, 0.717) is 16.7 Å². The van der Waals surface area contributed by atoms with Crippen LogP contribution in [-0.4, -0.2) is 23.2 Å². The van der Waals surface area contributed by atoms with Gasteiger partial charge in [-0.3, -0.25) is 9.89 Å². The number of primary amides is 1. The van der Waals surface area contributed by atoms with E-state index in [1.807, 2.05) is 6.07 Å². The summed E-state index contributed by atoms with van der Waals surface area (Å²) in [5, 5.41) is 13.0. The highest BCUT2D eigenvalue weighted by atomic mass is 35.5. The quantitative estimate of drug-likeness (QED) is 0.679. The number of amides is 1. The second kappa shape index (κ2) is 4.97. The van der Waals surface area contributed by atoms with Crippen molar-refractivity contribution in [2.24, 2.45) is 5.73 Å². The van der Waals surface area contributed by atoms with Gasteiger partial charge in [-0.2, -0.15) is 5.10 Å². The highest BCUT2D eigenvalue weighted by Crippen LogP contribution is 2.25. The molecule has 0 fully saturated rings. The third-order valence-corrected chi connectivity index (χ3v) is 2.58. The number of hydrogen-bond donors (Lipinski definition) is 4. The van der Waals surface area contributed by atoms with E-state index < -0.39 is 5.91 Å². The van der Waals surface area contributed by atoms with Gasteiger partial charge in [-0.25, -0.2) is 0 Å². The summed E-state index contributed by atoms with van der Waals surface area (Å²) in [4.78, 5) is 11.4. The van der Waals surface area contributed by atoms with Crippen LogP contribution in [0.4, 0.5) is 17.3 Å². The number of carbonyl (C=O) groups is 1. The van der Waals surface area contributed by atoms with E-state index in [1.54, 1.807) is 25.2 Å². The molecule has 7 heteroatoms. The zero-order chi connectivity index (χ0) is 13.1. The second-order valence-corrected chi connectivity index (χ2v) is 4.01. The van der Waals surface area contributed by atoms with Crippen molar-refractivity contribution in [2.75, 3.05) is 17.7 Å². The number of nitrogens with one attached hydrogen (secondary N) is 3. The van der Waals surface area contributed by atoms with Gasteiger partial charge in [0.2, 0.25) is 0 Å². The van der Waals surface area contributed by atoms with Gasteiger partial charge < -0.3 is 16.4 Å². The smallest absolute Gasteiger partial charge is 0.256 e. The summed E-state index contributed by atoms with van der Waals surface area (Å²) < 4.78 is 0. The van der Waals surface area contributed by atoms with Crippen LogP contribution in [0, 0.1) is 0 Å². The average molecular weight is 266 g/mol. The predicted molar refractivity (Wildman–Crippen MR) is 71.4 cm³/mol. The molecule has 18 heavy (non-hydrogen) atoms. The molecule has 1 aromatic heterocycles. The Morgan fingerprint density at radius 2 is 2.28 bits per heavy atom. The summed E-state index contributed by atoms with van der Waals surface area (Å²) in [6, 6.07) is 7.10. The zero-order valence-electron chi connectivity index (χ0n) is 9.62. The third kappa shape index (κ3) is 2.38. The molecule has 0 aliphatic heterocycles. The van der Waals surface area contributed by atoms with Crippen LogP contribution < -0.4 is 16.4 Å². The predicted octanol–water partition coefficient (Wildman–Crippen LogP) is 1.95. The van der Waals surface area contributed by atoms with Crippen LogP contribution in [0.25, 0.3) is 0 Å². The fourth-order valence-corrected chi connectivity index (χ4v) is 1.75. The van der Waals surface area contributed by atoms with Gasteiger partial charge in [0.1, 0.15) is 11.4 Å². The number of anilines is 3. The molecule has 94 valence electrons. The summed E-state index contributed by atoms with van der Waals surface area (Å²) in [6.45, 7) is 0. The molecule has 1 amide bonds. The van der Waals surface area contributed by atoms with Crippen molar-refractivity contribution in [3.8, 4) is 0 Å². The first kappa shape index (κ1) is 12.3. The number of aromatic nitrogens is 2. The SMILES string of the molecule is CNc1n[nH]c(Nc2cccc(Cl)c2)c1C(N)=O. The van der Waals surface area contributed by atoms with Gasteiger partial charge in [0, 0.05) is 17.8 Å². The van der Waals surface area contributed by atoms with Gasteiger partial charge in [0.05, 0.1) is 0 Å². The van der Waals surface area contributed by atoms with E-state index in [-0.39, 0.29) is 5.56 Å². The Labute approximate surface area is 109 Å². The standard InChI is InChI=1S/C11H12ClN5O/c1-14-10-8(9(13)18)11(17-16-10)15-7-4-2-3-6(12)5-7/h2-5H,1H3,(H2,13,18)(H3,14,15,16,17). The molecule has 2 aromatic rings. The maximum atomic E-state index is 11.4. The maximum Gasteiger partial charge on any atom is 0.256 e. The molecule has 0 spiro atoms. The fourth-order valence-electron chi connectivity index (χ4n) is 1.56. The molecule has 0 aliphatic carbocycles. The Bertz CT molecular complexity index is 581. The van der Waals surface area contributed by atoms with Gasteiger partial charge >= 0.3 is 0 Å². The molecule has 0 aliphatic rings. The molecule has 0 saturated heterocycles. The Morgan fingerprint density at radius 3 is 2.89 bits per heavy atom. The molecular formula is C11H12ClN5O. The Balaban J connectivity index is 2.35. The molecule has 0 atom stereocenters. The lowest BCUT2D eigenvalue weighted by Crippen LogP contribution is -2.14. The molecule has 0 bridgehead atoms. The number of H-pyrrole nitrogens is 1. The topological polar surface area (TPSA) is 95.8 Å². The molecule has 0 saturated carbocycles. The molecule has 1 heterocycles. The Kier molecular flexibility index (Phi) is 3.38. The lowest BCUT2D eigenvalue weighted by molar-refractivity contribution is 0.100. The number of halogens is 1. The van der Waals surface area contributed by atoms with E-state index in [9.17, 15) is 4.79 Å². The van der Waals surface area contributed by atoms with Crippen molar-refractivity contribution in [1.82, 2.24) is 10.2 Å². The molecular weight excluding hydrogens is 254 g/mol. The van der Waals surface area contributed by atoms with Gasteiger partial charge in [-0.05, 0) is 18.2 Å². The van der Waals surface area contributed by atoms with Crippen molar-refractivity contribution in [3.05, 3.63) is 34.9 Å². The van der Waals surface area contributed by atoms with Crippen molar-refractivity contribution < 1.29 is 4.79 Å². The van der Waals surface area contributed by atoms with Crippen molar-refractivity contribution in [2.45, 2.75) is 0 Å². The van der Waals surface area contributed by atoms with Crippen LogP contribution in [0.3, 0.4) is 0 Å². The largest absolute Gasteiger partial charge is 0.371 e.